The lowest BCUT2D eigenvalue weighted by molar-refractivity contribution is 0.122. The average molecular weight is 408 g/mol. The molecule has 1 fully saturated rings. The van der Waals surface area contributed by atoms with Crippen LogP contribution >= 0.6 is 0 Å². The molecule has 3 aromatic rings. The highest BCUT2D eigenvalue weighted by molar-refractivity contribution is 5.65. The maximum absolute atomic E-state index is 14.1. The SMILES string of the molecule is Oc1cccc(Nc2ccc(CC=Nc3ncc(F)c(N4CCOCC4)n3)nc2)c1. The molecule has 3 heterocycles. The van der Waals surface area contributed by atoms with Crippen molar-refractivity contribution in [1.29, 1.82) is 0 Å². The van der Waals surface area contributed by atoms with Crippen LogP contribution in [0, 0.1) is 5.82 Å². The van der Waals surface area contributed by atoms with Gasteiger partial charge in [0.05, 0.1) is 31.3 Å². The number of phenolic OH excluding ortho intramolecular Hbond substituents is 1. The molecule has 0 radical (unpaired) electrons. The Morgan fingerprint density at radius 1 is 1.13 bits per heavy atom. The van der Waals surface area contributed by atoms with Crippen molar-refractivity contribution in [1.82, 2.24) is 15.0 Å². The summed E-state index contributed by atoms with van der Waals surface area (Å²) in [5.74, 6) is 0.189. The number of nitrogens with one attached hydrogen (secondary N) is 1. The molecular weight excluding hydrogens is 387 g/mol. The van der Waals surface area contributed by atoms with Crippen molar-refractivity contribution in [2.24, 2.45) is 4.99 Å². The molecule has 0 aliphatic carbocycles. The molecule has 4 rings (SSSR count). The van der Waals surface area contributed by atoms with Gasteiger partial charge in [0.1, 0.15) is 5.75 Å². The lowest BCUT2D eigenvalue weighted by Crippen LogP contribution is -2.37. The number of hydrogen-bond donors (Lipinski definition) is 2. The Balaban J connectivity index is 1.37. The quantitative estimate of drug-likeness (QED) is 0.605. The van der Waals surface area contributed by atoms with Crippen LogP contribution < -0.4 is 10.2 Å². The summed E-state index contributed by atoms with van der Waals surface area (Å²) in [6.45, 7) is 2.27. The van der Waals surface area contributed by atoms with E-state index in [4.69, 9.17) is 4.74 Å². The molecule has 1 saturated heterocycles. The number of hydrogen-bond acceptors (Lipinski definition) is 8. The van der Waals surface area contributed by atoms with Crippen LogP contribution in [-0.2, 0) is 11.2 Å². The Hall–Kier alpha value is -3.59. The van der Waals surface area contributed by atoms with Crippen molar-refractivity contribution < 1.29 is 14.2 Å². The number of nitrogens with zero attached hydrogens (tertiary/aromatic N) is 5. The second-order valence-corrected chi connectivity index (χ2v) is 6.67. The predicted octanol–water partition coefficient (Wildman–Crippen LogP) is 3.24. The van der Waals surface area contributed by atoms with Gasteiger partial charge in [0.25, 0.3) is 5.95 Å². The molecule has 9 heteroatoms. The van der Waals surface area contributed by atoms with Gasteiger partial charge in [-0.2, -0.15) is 4.98 Å². The van der Waals surface area contributed by atoms with Gasteiger partial charge < -0.3 is 20.1 Å². The van der Waals surface area contributed by atoms with E-state index in [0.29, 0.717) is 32.7 Å². The largest absolute Gasteiger partial charge is 0.508 e. The summed E-state index contributed by atoms with van der Waals surface area (Å²) in [5, 5.41) is 12.7. The highest BCUT2D eigenvalue weighted by Gasteiger charge is 2.17. The highest BCUT2D eigenvalue weighted by atomic mass is 19.1. The van der Waals surface area contributed by atoms with Crippen LogP contribution in [0.1, 0.15) is 5.69 Å². The fourth-order valence-corrected chi connectivity index (χ4v) is 3.00. The zero-order valence-corrected chi connectivity index (χ0v) is 16.2. The molecule has 0 saturated carbocycles. The van der Waals surface area contributed by atoms with E-state index in [0.717, 1.165) is 23.3 Å². The van der Waals surface area contributed by atoms with Gasteiger partial charge in [-0.05, 0) is 24.3 Å². The summed E-state index contributed by atoms with van der Waals surface area (Å²) < 4.78 is 19.4. The topological polar surface area (TPSA) is 95.8 Å². The molecule has 1 aliphatic heterocycles. The van der Waals surface area contributed by atoms with E-state index in [1.165, 1.54) is 0 Å². The lowest BCUT2D eigenvalue weighted by atomic mass is 10.2. The van der Waals surface area contributed by atoms with Gasteiger partial charge in [-0.3, -0.25) is 4.98 Å². The number of ether oxygens (including phenoxy) is 1. The first-order valence-electron chi connectivity index (χ1n) is 9.56. The molecular formula is C21H21FN6O2. The summed E-state index contributed by atoms with van der Waals surface area (Å²) in [5.41, 5.74) is 2.39. The predicted molar refractivity (Wildman–Crippen MR) is 113 cm³/mol. The second kappa shape index (κ2) is 9.27. The molecule has 0 atom stereocenters. The van der Waals surface area contributed by atoms with Gasteiger partial charge in [0.2, 0.25) is 0 Å². The fraction of sp³-hybridized carbons (Fsp3) is 0.238. The number of aliphatic imine (C=N–C) groups is 1. The van der Waals surface area contributed by atoms with E-state index in [-0.39, 0.29) is 17.5 Å². The van der Waals surface area contributed by atoms with Crippen molar-refractivity contribution in [3.05, 3.63) is 60.3 Å². The summed E-state index contributed by atoms with van der Waals surface area (Å²) >= 11 is 0. The first kappa shape index (κ1) is 19.7. The van der Waals surface area contributed by atoms with Crippen LogP contribution in [0.3, 0.4) is 0 Å². The number of anilines is 3. The Kier molecular flexibility index (Phi) is 6.09. The minimum absolute atomic E-state index is 0.195. The lowest BCUT2D eigenvalue weighted by Gasteiger charge is -2.27. The van der Waals surface area contributed by atoms with Crippen molar-refractivity contribution in [3.63, 3.8) is 0 Å². The minimum atomic E-state index is -0.465. The van der Waals surface area contributed by atoms with Gasteiger partial charge in [-0.1, -0.05) is 6.07 Å². The second-order valence-electron chi connectivity index (χ2n) is 6.67. The fourth-order valence-electron chi connectivity index (χ4n) is 3.00. The van der Waals surface area contributed by atoms with E-state index in [9.17, 15) is 9.50 Å². The van der Waals surface area contributed by atoms with Crippen molar-refractivity contribution in [2.45, 2.75) is 6.42 Å². The normalized spacial score (nSPS) is 14.2. The maximum atomic E-state index is 14.1. The van der Waals surface area contributed by atoms with Crippen molar-refractivity contribution in [3.8, 4) is 5.75 Å². The number of benzene rings is 1. The molecule has 0 amide bonds. The zero-order chi connectivity index (χ0) is 20.8. The Morgan fingerprint density at radius 2 is 2.00 bits per heavy atom. The average Bonchev–Trinajstić information content (AvgIpc) is 2.77. The summed E-state index contributed by atoms with van der Waals surface area (Å²) in [7, 11) is 0. The molecule has 0 unspecified atom stereocenters. The number of rotatable bonds is 6. The molecule has 30 heavy (non-hydrogen) atoms. The standard InChI is InChI=1S/C21H21FN6O2/c22-19-14-25-21(27-20(19)28-8-10-30-11-9-28)23-7-6-15-4-5-17(13-24-15)26-16-2-1-3-18(29)12-16/h1-5,7,12-14,26,29H,6,8-11H2. The van der Waals surface area contributed by atoms with E-state index >= 15 is 0 Å². The van der Waals surface area contributed by atoms with Crippen LogP contribution in [0.15, 0.2) is 53.8 Å². The number of aromatic nitrogens is 3. The Labute approximate surface area is 173 Å². The number of morpholine rings is 1. The molecule has 2 aromatic heterocycles. The van der Waals surface area contributed by atoms with Crippen molar-refractivity contribution in [2.75, 3.05) is 36.5 Å². The number of aromatic hydroxyl groups is 1. The monoisotopic (exact) mass is 408 g/mol. The van der Waals surface area contributed by atoms with Crippen LogP contribution in [0.5, 0.6) is 5.75 Å². The van der Waals surface area contributed by atoms with E-state index in [2.05, 4.69) is 25.3 Å². The molecule has 1 aliphatic rings. The number of halogens is 1. The van der Waals surface area contributed by atoms with Gasteiger partial charge >= 0.3 is 0 Å². The van der Waals surface area contributed by atoms with Gasteiger partial charge in [-0.25, -0.2) is 14.4 Å². The summed E-state index contributed by atoms with van der Waals surface area (Å²) in [6, 6.07) is 10.6. The number of pyridine rings is 1. The molecule has 0 spiro atoms. The van der Waals surface area contributed by atoms with E-state index < -0.39 is 5.82 Å². The number of phenols is 1. The maximum Gasteiger partial charge on any atom is 0.251 e. The third-order valence-corrected chi connectivity index (χ3v) is 4.49. The van der Waals surface area contributed by atoms with Crippen LogP contribution in [-0.4, -0.2) is 52.6 Å². The first-order chi connectivity index (χ1) is 14.7. The molecule has 0 bridgehead atoms. The van der Waals surface area contributed by atoms with E-state index in [1.54, 1.807) is 30.6 Å². The summed E-state index contributed by atoms with van der Waals surface area (Å²) in [4.78, 5) is 18.6. The van der Waals surface area contributed by atoms with Crippen molar-refractivity contribution >= 4 is 29.4 Å². The molecule has 154 valence electrons. The van der Waals surface area contributed by atoms with Gasteiger partial charge in [0, 0.05) is 43.2 Å². The van der Waals surface area contributed by atoms with Crippen LogP contribution in [0.25, 0.3) is 0 Å². The molecule has 8 nitrogen and oxygen atoms in total. The van der Waals surface area contributed by atoms with Crippen LogP contribution in [0.2, 0.25) is 0 Å². The highest BCUT2D eigenvalue weighted by Crippen LogP contribution is 2.21. The minimum Gasteiger partial charge on any atom is -0.508 e. The summed E-state index contributed by atoms with van der Waals surface area (Å²) in [6.07, 6.45) is 4.99. The zero-order valence-electron chi connectivity index (χ0n) is 16.2. The third-order valence-electron chi connectivity index (χ3n) is 4.49. The van der Waals surface area contributed by atoms with Gasteiger partial charge in [0.15, 0.2) is 11.6 Å². The first-order valence-corrected chi connectivity index (χ1v) is 9.56. The Bertz CT molecular complexity index is 1020. The third kappa shape index (κ3) is 5.06. The van der Waals surface area contributed by atoms with E-state index in [1.807, 2.05) is 23.1 Å². The van der Waals surface area contributed by atoms with Gasteiger partial charge in [-0.15, -0.1) is 0 Å². The Morgan fingerprint density at radius 3 is 2.77 bits per heavy atom. The molecule has 1 aromatic carbocycles. The smallest absolute Gasteiger partial charge is 0.251 e. The van der Waals surface area contributed by atoms with Crippen LogP contribution in [0.4, 0.5) is 27.5 Å². The molecule has 2 N–H and O–H groups in total.